The van der Waals surface area contributed by atoms with Gasteiger partial charge in [0.1, 0.15) is 4.90 Å². The highest BCUT2D eigenvalue weighted by Gasteiger charge is 2.32. The van der Waals surface area contributed by atoms with Crippen LogP contribution < -0.4 is 0 Å². The fourth-order valence-electron chi connectivity index (χ4n) is 3.43. The molecule has 4 rings (SSSR count). The van der Waals surface area contributed by atoms with Crippen LogP contribution in [0.15, 0.2) is 58.3 Å². The van der Waals surface area contributed by atoms with Crippen LogP contribution >= 0.6 is 15.9 Å². The van der Waals surface area contributed by atoms with Gasteiger partial charge in [-0.15, -0.1) is 0 Å². The number of para-hydroxylation sites is 1. The topological polar surface area (TPSA) is 83.5 Å². The Morgan fingerprint density at radius 2 is 1.83 bits per heavy atom. The third-order valence-corrected chi connectivity index (χ3v) is 7.27. The SMILES string of the molecule is Cc1cnc2c(S(=O)(=O)N3CCN(C(=O)c4cncc(Br)c4)CC3)cccc2c1. The first kappa shape index (κ1) is 19.9. The summed E-state index contributed by atoms with van der Waals surface area (Å²) >= 11 is 3.31. The number of aryl methyl sites for hydroxylation is 1. The van der Waals surface area contributed by atoms with Gasteiger partial charge in [-0.3, -0.25) is 14.8 Å². The van der Waals surface area contributed by atoms with Crippen molar-refractivity contribution in [2.75, 3.05) is 26.2 Å². The number of sulfonamides is 1. The number of hydrogen-bond acceptors (Lipinski definition) is 5. The predicted molar refractivity (Wildman–Crippen MR) is 113 cm³/mol. The van der Waals surface area contributed by atoms with Crippen LogP contribution in [-0.2, 0) is 10.0 Å². The Morgan fingerprint density at radius 3 is 2.55 bits per heavy atom. The molecular weight excluding hydrogens is 456 g/mol. The third-order valence-electron chi connectivity index (χ3n) is 4.91. The van der Waals surface area contributed by atoms with Gasteiger partial charge in [0.05, 0.1) is 11.1 Å². The van der Waals surface area contributed by atoms with Gasteiger partial charge in [-0.1, -0.05) is 12.1 Å². The Labute approximate surface area is 177 Å². The minimum absolute atomic E-state index is 0.154. The van der Waals surface area contributed by atoms with Crippen molar-refractivity contribution in [3.63, 3.8) is 0 Å². The molecule has 1 saturated heterocycles. The van der Waals surface area contributed by atoms with Crippen molar-refractivity contribution in [2.45, 2.75) is 11.8 Å². The van der Waals surface area contributed by atoms with Gasteiger partial charge < -0.3 is 4.90 Å². The molecule has 1 amide bonds. The molecule has 0 bridgehead atoms. The lowest BCUT2D eigenvalue weighted by Gasteiger charge is -2.34. The maximum absolute atomic E-state index is 13.2. The van der Waals surface area contributed by atoms with Crippen LogP contribution in [0.1, 0.15) is 15.9 Å². The van der Waals surface area contributed by atoms with Crippen molar-refractivity contribution in [1.82, 2.24) is 19.2 Å². The predicted octanol–water partition coefficient (Wildman–Crippen LogP) is 2.85. The number of amides is 1. The van der Waals surface area contributed by atoms with Crippen molar-refractivity contribution in [2.24, 2.45) is 0 Å². The van der Waals surface area contributed by atoms with Crippen LogP contribution in [-0.4, -0.2) is 59.7 Å². The summed E-state index contributed by atoms with van der Waals surface area (Å²) in [5.74, 6) is -0.154. The van der Waals surface area contributed by atoms with Crippen molar-refractivity contribution >= 4 is 42.8 Å². The number of carbonyl (C=O) groups is 1. The Hall–Kier alpha value is -2.36. The highest BCUT2D eigenvalue weighted by atomic mass is 79.9. The van der Waals surface area contributed by atoms with E-state index in [1.165, 1.54) is 10.5 Å². The minimum atomic E-state index is -3.71. The first-order valence-corrected chi connectivity index (χ1v) is 11.3. The first-order chi connectivity index (χ1) is 13.9. The Morgan fingerprint density at radius 1 is 1.07 bits per heavy atom. The summed E-state index contributed by atoms with van der Waals surface area (Å²) in [5.41, 5.74) is 1.92. The largest absolute Gasteiger partial charge is 0.336 e. The summed E-state index contributed by atoms with van der Waals surface area (Å²) in [6, 6.07) is 8.81. The maximum Gasteiger partial charge on any atom is 0.255 e. The average Bonchev–Trinajstić information content (AvgIpc) is 2.72. The molecule has 0 aliphatic carbocycles. The van der Waals surface area contributed by atoms with E-state index < -0.39 is 10.0 Å². The molecule has 29 heavy (non-hydrogen) atoms. The molecule has 0 N–H and O–H groups in total. The monoisotopic (exact) mass is 474 g/mol. The van der Waals surface area contributed by atoms with Gasteiger partial charge in [0.15, 0.2) is 0 Å². The van der Waals surface area contributed by atoms with E-state index in [1.807, 2.05) is 19.1 Å². The van der Waals surface area contributed by atoms with Crippen molar-refractivity contribution < 1.29 is 13.2 Å². The van der Waals surface area contributed by atoms with Crippen LogP contribution in [0.4, 0.5) is 0 Å². The van der Waals surface area contributed by atoms with E-state index in [1.54, 1.807) is 35.5 Å². The van der Waals surface area contributed by atoms with E-state index in [-0.39, 0.29) is 23.9 Å². The smallest absolute Gasteiger partial charge is 0.255 e. The molecule has 1 aliphatic heterocycles. The normalized spacial score (nSPS) is 15.6. The molecular formula is C20H19BrN4O3S. The molecule has 0 unspecified atom stereocenters. The van der Waals surface area contributed by atoms with Gasteiger partial charge in [0.25, 0.3) is 5.91 Å². The van der Waals surface area contributed by atoms with E-state index in [4.69, 9.17) is 0 Å². The summed E-state index contributed by atoms with van der Waals surface area (Å²) < 4.78 is 28.6. The fraction of sp³-hybridized carbons (Fsp3) is 0.250. The molecule has 9 heteroatoms. The molecule has 2 aromatic heterocycles. The number of aromatic nitrogens is 2. The highest BCUT2D eigenvalue weighted by Crippen LogP contribution is 2.26. The standard InChI is InChI=1S/C20H19BrN4O3S/c1-14-9-15-3-2-4-18(19(15)23-11-14)29(27,28)25-7-5-24(6-8-25)20(26)16-10-17(21)13-22-12-16/h2-4,9-13H,5-8H2,1H3. The van der Waals surface area contributed by atoms with Crippen molar-refractivity contribution in [3.8, 4) is 0 Å². The van der Waals surface area contributed by atoms with Crippen LogP contribution in [0.3, 0.4) is 0 Å². The molecule has 0 radical (unpaired) electrons. The van der Waals surface area contributed by atoms with E-state index in [2.05, 4.69) is 25.9 Å². The number of piperazine rings is 1. The average molecular weight is 475 g/mol. The molecule has 0 saturated carbocycles. The number of nitrogens with zero attached hydrogens (tertiary/aromatic N) is 4. The molecule has 1 aliphatic rings. The lowest BCUT2D eigenvalue weighted by molar-refractivity contribution is 0.0697. The fourth-order valence-corrected chi connectivity index (χ4v) is 5.39. The number of carbonyl (C=O) groups excluding carboxylic acids is 1. The number of benzene rings is 1. The minimum Gasteiger partial charge on any atom is -0.336 e. The number of rotatable bonds is 3. The van der Waals surface area contributed by atoms with Gasteiger partial charge >= 0.3 is 0 Å². The van der Waals surface area contributed by atoms with Crippen molar-refractivity contribution in [1.29, 1.82) is 0 Å². The van der Waals surface area contributed by atoms with E-state index in [9.17, 15) is 13.2 Å². The summed E-state index contributed by atoms with van der Waals surface area (Å²) in [7, 11) is -3.71. The molecule has 1 fully saturated rings. The molecule has 3 aromatic rings. The van der Waals surface area contributed by atoms with Gasteiger partial charge in [0, 0.05) is 54.6 Å². The summed E-state index contributed by atoms with van der Waals surface area (Å²) in [6.07, 6.45) is 4.80. The molecule has 0 spiro atoms. The zero-order chi connectivity index (χ0) is 20.6. The second kappa shape index (κ2) is 7.81. The number of halogens is 1. The molecule has 1 aromatic carbocycles. The second-order valence-corrected chi connectivity index (χ2v) is 9.75. The van der Waals surface area contributed by atoms with Crippen molar-refractivity contribution in [3.05, 3.63) is 64.5 Å². The van der Waals surface area contributed by atoms with E-state index in [0.717, 1.165) is 15.4 Å². The zero-order valence-corrected chi connectivity index (χ0v) is 18.1. The summed E-state index contributed by atoms with van der Waals surface area (Å²) in [5, 5.41) is 0.794. The highest BCUT2D eigenvalue weighted by molar-refractivity contribution is 9.10. The summed E-state index contributed by atoms with van der Waals surface area (Å²) in [6.45, 7) is 3.03. The number of pyridine rings is 2. The quantitative estimate of drug-likeness (QED) is 0.582. The van der Waals surface area contributed by atoms with Crippen LogP contribution in [0, 0.1) is 6.92 Å². The van der Waals surface area contributed by atoms with Gasteiger partial charge in [-0.25, -0.2) is 8.42 Å². The van der Waals surface area contributed by atoms with E-state index >= 15 is 0 Å². The molecule has 0 atom stereocenters. The Bertz CT molecular complexity index is 1190. The summed E-state index contributed by atoms with van der Waals surface area (Å²) in [4.78, 5) is 22.9. The van der Waals surface area contributed by atoms with Gasteiger partial charge in [-0.2, -0.15) is 4.31 Å². The van der Waals surface area contributed by atoms with Crippen LogP contribution in [0.25, 0.3) is 10.9 Å². The Kier molecular flexibility index (Phi) is 5.37. The van der Waals surface area contributed by atoms with Crippen LogP contribution in [0.2, 0.25) is 0 Å². The lowest BCUT2D eigenvalue weighted by atomic mass is 10.2. The zero-order valence-electron chi connectivity index (χ0n) is 15.7. The van der Waals surface area contributed by atoms with E-state index in [0.29, 0.717) is 24.2 Å². The molecule has 150 valence electrons. The second-order valence-electron chi connectivity index (χ2n) is 6.93. The third kappa shape index (κ3) is 3.90. The Balaban J connectivity index is 1.55. The maximum atomic E-state index is 13.2. The van der Waals surface area contributed by atoms with Gasteiger partial charge in [-0.05, 0) is 46.6 Å². The van der Waals surface area contributed by atoms with Crippen LogP contribution in [0.5, 0.6) is 0 Å². The molecule has 3 heterocycles. The number of fused-ring (bicyclic) bond motifs is 1. The number of hydrogen-bond donors (Lipinski definition) is 0. The van der Waals surface area contributed by atoms with Gasteiger partial charge in [0.2, 0.25) is 10.0 Å². The first-order valence-electron chi connectivity index (χ1n) is 9.11. The lowest BCUT2D eigenvalue weighted by Crippen LogP contribution is -2.50. The molecule has 7 nitrogen and oxygen atoms in total.